The second-order valence-electron chi connectivity index (χ2n) is 5.69. The molecule has 0 spiro atoms. The van der Waals surface area contributed by atoms with Crippen LogP contribution in [0.1, 0.15) is 46.0 Å². The summed E-state index contributed by atoms with van der Waals surface area (Å²) < 4.78 is 4.88. The highest BCUT2D eigenvalue weighted by Crippen LogP contribution is 2.51. The van der Waals surface area contributed by atoms with Gasteiger partial charge in [-0.2, -0.15) is 0 Å². The number of carbonyl (C=O) groups excluding carboxylic acids is 1. The van der Waals surface area contributed by atoms with Gasteiger partial charge in [0.05, 0.1) is 13.0 Å². The van der Waals surface area contributed by atoms with Gasteiger partial charge >= 0.3 is 5.97 Å². The van der Waals surface area contributed by atoms with Crippen molar-refractivity contribution < 1.29 is 9.53 Å². The Morgan fingerprint density at radius 3 is 2.94 bits per heavy atom. The largest absolute Gasteiger partial charge is 0.469 e. The molecule has 16 heavy (non-hydrogen) atoms. The summed E-state index contributed by atoms with van der Waals surface area (Å²) in [5.74, 6) is 0.712. The summed E-state index contributed by atoms with van der Waals surface area (Å²) in [5.41, 5.74) is 1.92. The van der Waals surface area contributed by atoms with Gasteiger partial charge in [0.1, 0.15) is 0 Å². The van der Waals surface area contributed by atoms with Gasteiger partial charge in [-0.05, 0) is 50.4 Å². The standard InChI is InChI=1S/C14H22O2/c1-10-5-4-7-14(2)8-6-11(9-12(10)14)13(15)16-3/h5,11-12H,4,6-9H2,1-3H3/t11-,12+,14-/m0/s1. The first-order chi connectivity index (χ1) is 7.57. The van der Waals surface area contributed by atoms with Crippen molar-refractivity contribution in [3.63, 3.8) is 0 Å². The smallest absolute Gasteiger partial charge is 0.308 e. The number of allylic oxidation sites excluding steroid dienone is 2. The monoisotopic (exact) mass is 222 g/mol. The van der Waals surface area contributed by atoms with Crippen molar-refractivity contribution in [1.29, 1.82) is 0 Å². The molecule has 0 unspecified atom stereocenters. The van der Waals surface area contributed by atoms with E-state index in [1.54, 1.807) is 0 Å². The maximum absolute atomic E-state index is 11.6. The van der Waals surface area contributed by atoms with E-state index in [1.165, 1.54) is 31.9 Å². The minimum Gasteiger partial charge on any atom is -0.469 e. The molecule has 0 aromatic rings. The van der Waals surface area contributed by atoms with Crippen LogP contribution in [0.3, 0.4) is 0 Å². The van der Waals surface area contributed by atoms with Crippen molar-refractivity contribution in [2.75, 3.05) is 7.11 Å². The molecular formula is C14H22O2. The zero-order valence-corrected chi connectivity index (χ0v) is 10.6. The molecule has 2 aliphatic carbocycles. The lowest BCUT2D eigenvalue weighted by molar-refractivity contribution is -0.148. The average molecular weight is 222 g/mol. The molecule has 0 saturated heterocycles. The Balaban J connectivity index is 2.15. The fraction of sp³-hybridized carbons (Fsp3) is 0.786. The maximum Gasteiger partial charge on any atom is 0.308 e. The number of hydrogen-bond donors (Lipinski definition) is 0. The minimum atomic E-state index is -0.0135. The van der Waals surface area contributed by atoms with E-state index in [4.69, 9.17) is 4.74 Å². The topological polar surface area (TPSA) is 26.3 Å². The molecule has 0 bridgehead atoms. The molecule has 2 heteroatoms. The fourth-order valence-electron chi connectivity index (χ4n) is 3.55. The SMILES string of the molecule is COC(=O)[C@H]1CC[C@]2(C)CCC=C(C)[C@H]2C1. The number of fused-ring (bicyclic) bond motifs is 1. The Morgan fingerprint density at radius 2 is 2.25 bits per heavy atom. The summed E-state index contributed by atoms with van der Waals surface area (Å²) in [6, 6.07) is 0. The highest BCUT2D eigenvalue weighted by Gasteiger charge is 2.43. The van der Waals surface area contributed by atoms with Gasteiger partial charge in [0.25, 0.3) is 0 Å². The maximum atomic E-state index is 11.6. The molecule has 1 fully saturated rings. The van der Waals surface area contributed by atoms with Crippen molar-refractivity contribution in [2.45, 2.75) is 46.0 Å². The first-order valence-corrected chi connectivity index (χ1v) is 6.31. The predicted octanol–water partition coefficient (Wildman–Crippen LogP) is 3.32. The van der Waals surface area contributed by atoms with Crippen molar-refractivity contribution in [3.8, 4) is 0 Å². The van der Waals surface area contributed by atoms with Crippen LogP contribution in [-0.2, 0) is 9.53 Å². The summed E-state index contributed by atoms with van der Waals surface area (Å²) in [5, 5.41) is 0. The molecule has 0 amide bonds. The number of methoxy groups -OCH3 is 1. The quantitative estimate of drug-likeness (QED) is 0.502. The summed E-state index contributed by atoms with van der Waals surface area (Å²) in [7, 11) is 1.50. The molecule has 0 radical (unpaired) electrons. The zero-order chi connectivity index (χ0) is 11.8. The van der Waals surface area contributed by atoms with Crippen LogP contribution in [0.4, 0.5) is 0 Å². The number of ether oxygens (including phenoxy) is 1. The molecule has 0 aromatic carbocycles. The lowest BCUT2D eigenvalue weighted by Gasteiger charge is -2.46. The van der Waals surface area contributed by atoms with Gasteiger partial charge in [-0.25, -0.2) is 0 Å². The Bertz CT molecular complexity index is 319. The molecule has 2 aliphatic rings. The summed E-state index contributed by atoms with van der Waals surface area (Å²) in [6.45, 7) is 4.61. The molecule has 1 saturated carbocycles. The van der Waals surface area contributed by atoms with Gasteiger partial charge in [0.15, 0.2) is 0 Å². The third kappa shape index (κ3) is 1.90. The molecule has 2 nitrogen and oxygen atoms in total. The van der Waals surface area contributed by atoms with Gasteiger partial charge in [-0.3, -0.25) is 4.79 Å². The van der Waals surface area contributed by atoms with E-state index in [0.29, 0.717) is 11.3 Å². The molecular weight excluding hydrogens is 200 g/mol. The van der Waals surface area contributed by atoms with Gasteiger partial charge in [-0.15, -0.1) is 0 Å². The van der Waals surface area contributed by atoms with Crippen LogP contribution in [0.2, 0.25) is 0 Å². The average Bonchev–Trinajstić information content (AvgIpc) is 2.27. The number of rotatable bonds is 1. The van der Waals surface area contributed by atoms with Crippen molar-refractivity contribution >= 4 is 5.97 Å². The van der Waals surface area contributed by atoms with Crippen molar-refractivity contribution in [2.24, 2.45) is 17.3 Å². The molecule has 0 heterocycles. The third-order valence-corrected chi connectivity index (χ3v) is 4.69. The second-order valence-corrected chi connectivity index (χ2v) is 5.69. The Kier molecular flexibility index (Phi) is 3.09. The molecule has 3 atom stereocenters. The lowest BCUT2D eigenvalue weighted by Crippen LogP contribution is -2.39. The Labute approximate surface area is 98.1 Å². The van der Waals surface area contributed by atoms with E-state index in [9.17, 15) is 4.79 Å². The van der Waals surface area contributed by atoms with Gasteiger partial charge in [0, 0.05) is 0 Å². The van der Waals surface area contributed by atoms with E-state index in [2.05, 4.69) is 19.9 Å². The summed E-state index contributed by atoms with van der Waals surface area (Å²) in [4.78, 5) is 11.6. The van der Waals surface area contributed by atoms with E-state index >= 15 is 0 Å². The minimum absolute atomic E-state index is 0.0135. The van der Waals surface area contributed by atoms with E-state index in [0.717, 1.165) is 12.8 Å². The summed E-state index contributed by atoms with van der Waals surface area (Å²) in [6.07, 6.45) is 8.01. The van der Waals surface area contributed by atoms with Crippen LogP contribution in [-0.4, -0.2) is 13.1 Å². The molecule has 90 valence electrons. The first-order valence-electron chi connectivity index (χ1n) is 6.31. The van der Waals surface area contributed by atoms with Gasteiger partial charge in [0.2, 0.25) is 0 Å². The van der Waals surface area contributed by atoms with Crippen LogP contribution < -0.4 is 0 Å². The fourth-order valence-corrected chi connectivity index (χ4v) is 3.55. The molecule has 2 rings (SSSR count). The zero-order valence-electron chi connectivity index (χ0n) is 10.6. The molecule has 0 aromatic heterocycles. The molecule has 0 aliphatic heterocycles. The van der Waals surface area contributed by atoms with Crippen LogP contribution in [0.5, 0.6) is 0 Å². The third-order valence-electron chi connectivity index (χ3n) is 4.69. The van der Waals surface area contributed by atoms with Crippen LogP contribution >= 0.6 is 0 Å². The predicted molar refractivity (Wildman–Crippen MR) is 63.9 cm³/mol. The number of esters is 1. The van der Waals surface area contributed by atoms with Crippen LogP contribution in [0.15, 0.2) is 11.6 Å². The van der Waals surface area contributed by atoms with Gasteiger partial charge in [-0.1, -0.05) is 18.6 Å². The van der Waals surface area contributed by atoms with E-state index in [1.807, 2.05) is 0 Å². The highest BCUT2D eigenvalue weighted by atomic mass is 16.5. The molecule has 0 N–H and O–H groups in total. The number of carbonyl (C=O) groups is 1. The second kappa shape index (κ2) is 4.23. The van der Waals surface area contributed by atoms with Crippen molar-refractivity contribution in [1.82, 2.24) is 0 Å². The first kappa shape index (κ1) is 11.7. The normalized spacial score (nSPS) is 38.6. The Morgan fingerprint density at radius 1 is 1.50 bits per heavy atom. The van der Waals surface area contributed by atoms with E-state index < -0.39 is 0 Å². The van der Waals surface area contributed by atoms with Crippen LogP contribution in [0.25, 0.3) is 0 Å². The summed E-state index contributed by atoms with van der Waals surface area (Å²) >= 11 is 0. The van der Waals surface area contributed by atoms with E-state index in [-0.39, 0.29) is 11.9 Å². The van der Waals surface area contributed by atoms with Crippen molar-refractivity contribution in [3.05, 3.63) is 11.6 Å². The van der Waals surface area contributed by atoms with Crippen LogP contribution in [0, 0.1) is 17.3 Å². The Hall–Kier alpha value is -0.790. The highest BCUT2D eigenvalue weighted by molar-refractivity contribution is 5.72. The number of hydrogen-bond acceptors (Lipinski definition) is 2. The van der Waals surface area contributed by atoms with Gasteiger partial charge < -0.3 is 4.74 Å². The lowest BCUT2D eigenvalue weighted by atomic mass is 9.58.